The molecule has 0 spiro atoms. The van der Waals surface area contributed by atoms with Crippen LogP contribution in [0.2, 0.25) is 0 Å². The van der Waals surface area contributed by atoms with Gasteiger partial charge in [0.05, 0.1) is 0 Å². The summed E-state index contributed by atoms with van der Waals surface area (Å²) in [5.41, 5.74) is 2.83. The Morgan fingerprint density at radius 1 is 1.53 bits per heavy atom. The van der Waals surface area contributed by atoms with E-state index in [0.29, 0.717) is 5.56 Å². The molecular formula is C11H16N2O2. The maximum absolute atomic E-state index is 11.1. The number of nitrogens with zero attached hydrogens (tertiary/aromatic N) is 1. The van der Waals surface area contributed by atoms with Gasteiger partial charge in [-0.15, -0.1) is 0 Å². The van der Waals surface area contributed by atoms with Crippen LogP contribution in [0, 0.1) is 0 Å². The van der Waals surface area contributed by atoms with Gasteiger partial charge in [-0.2, -0.15) is 0 Å². The average molecular weight is 209 g/mol. The number of carbonyl (C=O) groups excluding carboxylic acids is 1. The molecule has 0 heterocycles. The summed E-state index contributed by atoms with van der Waals surface area (Å²) in [6, 6.07) is 6.73. The van der Waals surface area contributed by atoms with Crippen LogP contribution in [0.1, 0.15) is 25.1 Å². The fourth-order valence-electron chi connectivity index (χ4n) is 1.29. The quantitative estimate of drug-likeness (QED) is 0.585. The number of benzene rings is 1. The molecule has 1 amide bonds. The van der Waals surface area contributed by atoms with Gasteiger partial charge in [-0.25, -0.2) is 5.48 Å². The van der Waals surface area contributed by atoms with Crippen LogP contribution < -0.4 is 10.4 Å². The Labute approximate surface area is 90.9 Å². The van der Waals surface area contributed by atoms with Gasteiger partial charge < -0.3 is 4.90 Å². The predicted molar refractivity (Wildman–Crippen MR) is 59.3 cm³/mol. The van der Waals surface area contributed by atoms with E-state index in [1.54, 1.807) is 29.7 Å². The molecule has 0 fully saturated rings. The number of hydroxylamine groups is 1. The number of anilines is 1. The molecule has 0 bridgehead atoms. The third-order valence-electron chi connectivity index (χ3n) is 2.09. The van der Waals surface area contributed by atoms with Crippen LogP contribution in [0.25, 0.3) is 0 Å². The van der Waals surface area contributed by atoms with E-state index < -0.39 is 5.91 Å². The molecule has 82 valence electrons. The molecule has 0 aliphatic carbocycles. The van der Waals surface area contributed by atoms with Gasteiger partial charge in [0.2, 0.25) is 0 Å². The first kappa shape index (κ1) is 9.98. The Morgan fingerprint density at radius 3 is 2.60 bits per heavy atom. The highest BCUT2D eigenvalue weighted by atomic mass is 16.5. The zero-order chi connectivity index (χ0) is 12.1. The lowest BCUT2D eigenvalue weighted by Crippen LogP contribution is -2.20. The van der Waals surface area contributed by atoms with Crippen molar-refractivity contribution in [1.82, 2.24) is 5.48 Å². The van der Waals surface area contributed by atoms with Gasteiger partial charge >= 0.3 is 0 Å². The maximum Gasteiger partial charge on any atom is 0.274 e. The van der Waals surface area contributed by atoms with E-state index in [-0.39, 0.29) is 6.52 Å². The number of hydrogen-bond acceptors (Lipinski definition) is 3. The Morgan fingerprint density at radius 2 is 2.13 bits per heavy atom. The highest BCUT2D eigenvalue weighted by molar-refractivity contribution is 5.93. The average Bonchev–Trinajstić information content (AvgIpc) is 2.36. The van der Waals surface area contributed by atoms with Crippen LogP contribution in [0.15, 0.2) is 24.3 Å². The highest BCUT2D eigenvalue weighted by Crippen LogP contribution is 2.13. The molecule has 1 aromatic carbocycles. The molecule has 1 atom stereocenters. The zero-order valence-electron chi connectivity index (χ0n) is 9.90. The molecule has 2 N–H and O–H groups in total. The molecular weight excluding hydrogens is 192 g/mol. The third kappa shape index (κ3) is 2.95. The van der Waals surface area contributed by atoms with E-state index in [4.69, 9.17) is 6.58 Å². The summed E-state index contributed by atoms with van der Waals surface area (Å²) in [4.78, 5) is 12.9. The topological polar surface area (TPSA) is 52.6 Å². The minimum Gasteiger partial charge on any atom is -0.375 e. The van der Waals surface area contributed by atoms with Crippen LogP contribution in [0.3, 0.4) is 0 Å². The first-order chi connectivity index (χ1) is 7.60. The predicted octanol–water partition coefficient (Wildman–Crippen LogP) is 1.65. The summed E-state index contributed by atoms with van der Waals surface area (Å²) in [6.07, 6.45) is 0.732. The van der Waals surface area contributed by atoms with Crippen molar-refractivity contribution < 1.29 is 11.4 Å². The SMILES string of the molecule is [2H]C(CC)N(C)c1ccc(C(=O)NO)cc1. The summed E-state index contributed by atoms with van der Waals surface area (Å²) in [6.45, 7) is 1.65. The normalized spacial score (nSPS) is 12.9. The fraction of sp³-hybridized carbons (Fsp3) is 0.364. The van der Waals surface area contributed by atoms with Gasteiger partial charge in [0.25, 0.3) is 5.91 Å². The third-order valence-corrected chi connectivity index (χ3v) is 2.09. The lowest BCUT2D eigenvalue weighted by Gasteiger charge is -2.18. The lowest BCUT2D eigenvalue weighted by molar-refractivity contribution is 0.0706. The molecule has 4 heteroatoms. The van der Waals surface area contributed by atoms with Gasteiger partial charge in [0.1, 0.15) is 0 Å². The van der Waals surface area contributed by atoms with E-state index in [9.17, 15) is 4.79 Å². The highest BCUT2D eigenvalue weighted by Gasteiger charge is 2.04. The molecule has 15 heavy (non-hydrogen) atoms. The molecule has 4 nitrogen and oxygen atoms in total. The number of amides is 1. The summed E-state index contributed by atoms with van der Waals surface area (Å²) in [7, 11) is 1.84. The van der Waals surface area contributed by atoms with Crippen molar-refractivity contribution >= 4 is 11.6 Å². The standard InChI is InChI=1S/C11H16N2O2/c1-3-8-13(2)10-6-4-9(5-7-10)11(14)12-15/h4-7,15H,3,8H2,1-2H3,(H,12,14)/i8D. The Hall–Kier alpha value is -1.55. The summed E-state index contributed by atoms with van der Waals surface area (Å²) >= 11 is 0. The molecule has 0 radical (unpaired) electrons. The minimum absolute atomic E-state index is 0.294. The first-order valence-corrected chi connectivity index (χ1v) is 4.79. The summed E-state index contributed by atoms with van der Waals surface area (Å²) in [5.74, 6) is -0.535. The smallest absolute Gasteiger partial charge is 0.274 e. The van der Waals surface area contributed by atoms with E-state index in [2.05, 4.69) is 0 Å². The van der Waals surface area contributed by atoms with E-state index in [0.717, 1.165) is 12.1 Å². The monoisotopic (exact) mass is 209 g/mol. The molecule has 1 aromatic rings. The number of rotatable bonds is 4. The lowest BCUT2D eigenvalue weighted by atomic mass is 10.2. The fourth-order valence-corrected chi connectivity index (χ4v) is 1.29. The van der Waals surface area contributed by atoms with Gasteiger partial charge in [-0.1, -0.05) is 6.92 Å². The molecule has 0 aliphatic heterocycles. The second kappa shape index (κ2) is 5.36. The second-order valence-electron chi connectivity index (χ2n) is 3.19. The molecule has 1 rings (SSSR count). The van der Waals surface area contributed by atoms with E-state index in [1.807, 2.05) is 18.9 Å². The maximum atomic E-state index is 11.1. The van der Waals surface area contributed by atoms with Crippen LogP contribution >= 0.6 is 0 Å². The van der Waals surface area contributed by atoms with Crippen molar-refractivity contribution in [1.29, 1.82) is 0 Å². The van der Waals surface area contributed by atoms with Gasteiger partial charge in [-0.3, -0.25) is 10.0 Å². The minimum atomic E-state index is -0.535. The largest absolute Gasteiger partial charge is 0.375 e. The van der Waals surface area contributed by atoms with Gasteiger partial charge in [0.15, 0.2) is 0 Å². The summed E-state index contributed by atoms with van der Waals surface area (Å²) in [5, 5.41) is 8.45. The van der Waals surface area contributed by atoms with Crippen LogP contribution in [0.5, 0.6) is 0 Å². The molecule has 0 aromatic heterocycles. The van der Waals surface area contributed by atoms with Gasteiger partial charge in [-0.05, 0) is 30.7 Å². The van der Waals surface area contributed by atoms with Crippen LogP contribution in [-0.2, 0) is 0 Å². The Balaban J connectivity index is 2.82. The number of carbonyl (C=O) groups is 1. The first-order valence-electron chi connectivity index (χ1n) is 5.37. The van der Waals surface area contributed by atoms with Crippen molar-refractivity contribution in [2.24, 2.45) is 0 Å². The van der Waals surface area contributed by atoms with Crippen LogP contribution in [-0.4, -0.2) is 24.7 Å². The van der Waals surface area contributed by atoms with Crippen molar-refractivity contribution in [3.05, 3.63) is 29.8 Å². The molecule has 1 unspecified atom stereocenters. The second-order valence-corrected chi connectivity index (χ2v) is 3.19. The van der Waals surface area contributed by atoms with Gasteiger partial charge in [0, 0.05) is 26.2 Å². The molecule has 0 saturated carbocycles. The van der Waals surface area contributed by atoms with Crippen molar-refractivity contribution in [2.45, 2.75) is 13.3 Å². The van der Waals surface area contributed by atoms with Crippen molar-refractivity contribution in [3.8, 4) is 0 Å². The van der Waals surface area contributed by atoms with Crippen LogP contribution in [0.4, 0.5) is 5.69 Å². The number of nitrogens with one attached hydrogen (secondary N) is 1. The van der Waals surface area contributed by atoms with Crippen molar-refractivity contribution in [2.75, 3.05) is 18.5 Å². The number of hydrogen-bond donors (Lipinski definition) is 2. The molecule has 0 aliphatic rings. The van der Waals surface area contributed by atoms with Crippen molar-refractivity contribution in [3.63, 3.8) is 0 Å². The summed E-state index contributed by atoms with van der Waals surface area (Å²) < 4.78 is 7.75. The van der Waals surface area contributed by atoms with E-state index >= 15 is 0 Å². The Bertz CT molecular complexity index is 354. The Kier molecular flexibility index (Phi) is 3.57. The van der Waals surface area contributed by atoms with E-state index in [1.165, 1.54) is 0 Å². The molecule has 0 saturated heterocycles. The zero-order valence-corrected chi connectivity index (χ0v) is 8.90.